The molecule has 0 atom stereocenters. The molecule has 2 aromatic heterocycles. The number of piperidine rings is 1. The van der Waals surface area contributed by atoms with E-state index in [0.29, 0.717) is 31.7 Å². The number of aromatic nitrogens is 3. The van der Waals surface area contributed by atoms with E-state index in [1.807, 2.05) is 31.2 Å². The number of benzene rings is 1. The Balaban J connectivity index is 1.59. The number of nitrogens with one attached hydrogen (secondary N) is 2. The van der Waals surface area contributed by atoms with Crippen LogP contribution < -0.4 is 16.4 Å². The second-order valence-corrected chi connectivity index (χ2v) is 8.62. The molecule has 1 saturated heterocycles. The number of urea groups is 1. The number of carbonyl (C=O) groups is 2. The lowest BCUT2D eigenvalue weighted by molar-refractivity contribution is 0.0951. The Morgan fingerprint density at radius 2 is 1.97 bits per heavy atom. The predicted molar refractivity (Wildman–Crippen MR) is 126 cm³/mol. The van der Waals surface area contributed by atoms with Crippen molar-refractivity contribution in [3.8, 4) is 0 Å². The van der Waals surface area contributed by atoms with Crippen molar-refractivity contribution < 1.29 is 9.59 Å². The molecule has 0 unspecified atom stereocenters. The van der Waals surface area contributed by atoms with Gasteiger partial charge in [0.2, 0.25) is 0 Å². The second-order valence-electron chi connectivity index (χ2n) is 7.76. The molecular formula is C22H26BrN7O2. The van der Waals surface area contributed by atoms with Gasteiger partial charge in [0.05, 0.1) is 22.8 Å². The van der Waals surface area contributed by atoms with E-state index >= 15 is 0 Å². The minimum atomic E-state index is -0.397. The summed E-state index contributed by atoms with van der Waals surface area (Å²) in [5.74, 6) is -0.212. The monoisotopic (exact) mass is 499 g/mol. The quantitative estimate of drug-likeness (QED) is 0.481. The zero-order chi connectivity index (χ0) is 22.7. The highest BCUT2D eigenvalue weighted by molar-refractivity contribution is 9.10. The molecule has 0 radical (unpaired) electrons. The molecule has 0 saturated carbocycles. The first-order valence-electron chi connectivity index (χ1n) is 10.6. The Morgan fingerprint density at radius 3 is 2.66 bits per heavy atom. The molecular weight excluding hydrogens is 474 g/mol. The average Bonchev–Trinajstić information content (AvgIpc) is 3.22. The van der Waals surface area contributed by atoms with Crippen molar-refractivity contribution in [3.63, 3.8) is 0 Å². The molecule has 0 bridgehead atoms. The van der Waals surface area contributed by atoms with E-state index in [9.17, 15) is 9.59 Å². The van der Waals surface area contributed by atoms with Crippen LogP contribution in [0.4, 0.5) is 10.5 Å². The maximum absolute atomic E-state index is 13.2. The van der Waals surface area contributed by atoms with Gasteiger partial charge in [-0.1, -0.05) is 34.1 Å². The predicted octanol–water partition coefficient (Wildman–Crippen LogP) is 3.10. The summed E-state index contributed by atoms with van der Waals surface area (Å²) in [6.07, 6.45) is 4.84. The first kappa shape index (κ1) is 22.1. The van der Waals surface area contributed by atoms with Gasteiger partial charge in [0.1, 0.15) is 0 Å². The summed E-state index contributed by atoms with van der Waals surface area (Å²) >= 11 is 3.52. The molecule has 168 valence electrons. The fraction of sp³-hybridized carbons (Fsp3) is 0.364. The Labute approximate surface area is 194 Å². The van der Waals surface area contributed by atoms with Crippen molar-refractivity contribution in [2.24, 2.45) is 5.73 Å². The summed E-state index contributed by atoms with van der Waals surface area (Å²) in [6.45, 7) is 4.24. The molecule has 3 aromatic rings. The van der Waals surface area contributed by atoms with Crippen LogP contribution in [0.1, 0.15) is 35.7 Å². The van der Waals surface area contributed by atoms with Crippen molar-refractivity contribution in [1.29, 1.82) is 0 Å². The number of nitrogens with zero attached hydrogens (tertiary/aromatic N) is 4. The number of rotatable bonds is 6. The molecule has 4 N–H and O–H groups in total. The van der Waals surface area contributed by atoms with Gasteiger partial charge in [0, 0.05) is 42.9 Å². The number of pyridine rings is 1. The smallest absolute Gasteiger partial charge is 0.314 e. The van der Waals surface area contributed by atoms with Crippen LogP contribution in [0.25, 0.3) is 11.0 Å². The van der Waals surface area contributed by atoms with Gasteiger partial charge in [-0.05, 0) is 31.4 Å². The standard InChI is InChI=1S/C22H26BrN7O2/c1-2-30-20-16(13-27-30)19(28-15-7-9-29(10-8-15)22(24)32)17(12-25-20)21(31)26-11-14-5-3-4-6-18(14)23/h3-6,12-13,15H,2,7-11H2,1H3,(H2,24,32)(H,25,28)(H,26,31). The summed E-state index contributed by atoms with van der Waals surface area (Å²) in [5, 5.41) is 11.8. The van der Waals surface area contributed by atoms with Crippen LogP contribution in [0.5, 0.6) is 0 Å². The van der Waals surface area contributed by atoms with E-state index in [-0.39, 0.29) is 11.9 Å². The summed E-state index contributed by atoms with van der Waals surface area (Å²) in [4.78, 5) is 30.7. The van der Waals surface area contributed by atoms with Gasteiger partial charge < -0.3 is 21.3 Å². The van der Waals surface area contributed by atoms with E-state index < -0.39 is 6.03 Å². The summed E-state index contributed by atoms with van der Waals surface area (Å²) in [5.41, 5.74) is 8.31. The number of amides is 3. The van der Waals surface area contributed by atoms with Gasteiger partial charge in [-0.3, -0.25) is 4.79 Å². The number of anilines is 1. The molecule has 32 heavy (non-hydrogen) atoms. The van der Waals surface area contributed by atoms with Crippen LogP contribution >= 0.6 is 15.9 Å². The topological polar surface area (TPSA) is 118 Å². The Bertz CT molecular complexity index is 1140. The molecule has 1 aromatic carbocycles. The fourth-order valence-electron chi connectivity index (χ4n) is 3.95. The van der Waals surface area contributed by atoms with Crippen LogP contribution in [0.3, 0.4) is 0 Å². The lowest BCUT2D eigenvalue weighted by Gasteiger charge is -2.32. The summed E-state index contributed by atoms with van der Waals surface area (Å²) in [7, 11) is 0. The Morgan fingerprint density at radius 1 is 1.22 bits per heavy atom. The van der Waals surface area contributed by atoms with Crippen molar-refractivity contribution in [2.75, 3.05) is 18.4 Å². The molecule has 3 amide bonds. The number of fused-ring (bicyclic) bond motifs is 1. The number of primary amides is 1. The minimum Gasteiger partial charge on any atom is -0.381 e. The van der Waals surface area contributed by atoms with E-state index in [1.165, 1.54) is 0 Å². The molecule has 10 heteroatoms. The Kier molecular flexibility index (Phi) is 6.59. The molecule has 9 nitrogen and oxygen atoms in total. The second kappa shape index (κ2) is 9.56. The van der Waals surface area contributed by atoms with E-state index in [2.05, 4.69) is 36.6 Å². The van der Waals surface area contributed by atoms with Crippen LogP contribution in [-0.2, 0) is 13.1 Å². The number of likely N-dealkylation sites (tertiary alicyclic amines) is 1. The SMILES string of the molecule is CCn1ncc2c(NC3CCN(C(N)=O)CC3)c(C(=O)NCc3ccccc3Br)cnc21. The molecule has 1 aliphatic heterocycles. The number of aryl methyl sites for hydroxylation is 1. The highest BCUT2D eigenvalue weighted by Crippen LogP contribution is 2.29. The van der Waals surface area contributed by atoms with Gasteiger partial charge in [-0.2, -0.15) is 5.10 Å². The van der Waals surface area contributed by atoms with E-state index in [4.69, 9.17) is 5.73 Å². The van der Waals surface area contributed by atoms with Gasteiger partial charge in [0.25, 0.3) is 5.91 Å². The molecule has 1 fully saturated rings. The molecule has 3 heterocycles. The Hall–Kier alpha value is -3.14. The number of carbonyl (C=O) groups excluding carboxylic acids is 2. The third-order valence-electron chi connectivity index (χ3n) is 5.76. The normalized spacial score (nSPS) is 14.5. The van der Waals surface area contributed by atoms with Crippen LogP contribution in [0.15, 0.2) is 41.1 Å². The van der Waals surface area contributed by atoms with Gasteiger partial charge in [0.15, 0.2) is 5.65 Å². The molecule has 1 aliphatic rings. The van der Waals surface area contributed by atoms with Crippen molar-refractivity contribution in [2.45, 2.75) is 38.9 Å². The number of hydrogen-bond acceptors (Lipinski definition) is 5. The average molecular weight is 500 g/mol. The fourth-order valence-corrected chi connectivity index (χ4v) is 4.37. The van der Waals surface area contributed by atoms with Crippen LogP contribution in [0.2, 0.25) is 0 Å². The third-order valence-corrected chi connectivity index (χ3v) is 6.54. The molecule has 4 rings (SSSR count). The van der Waals surface area contributed by atoms with Crippen molar-refractivity contribution >= 4 is 44.6 Å². The van der Waals surface area contributed by atoms with Crippen LogP contribution in [0, 0.1) is 0 Å². The largest absolute Gasteiger partial charge is 0.381 e. The van der Waals surface area contributed by atoms with Gasteiger partial charge in [-0.15, -0.1) is 0 Å². The van der Waals surface area contributed by atoms with Gasteiger partial charge in [-0.25, -0.2) is 14.5 Å². The zero-order valence-electron chi connectivity index (χ0n) is 17.8. The first-order valence-corrected chi connectivity index (χ1v) is 11.4. The maximum atomic E-state index is 13.2. The van der Waals surface area contributed by atoms with Crippen molar-refractivity contribution in [1.82, 2.24) is 25.0 Å². The van der Waals surface area contributed by atoms with Crippen LogP contribution in [-0.4, -0.2) is 50.7 Å². The number of nitrogens with two attached hydrogens (primary N) is 1. The highest BCUT2D eigenvalue weighted by Gasteiger charge is 2.25. The minimum absolute atomic E-state index is 0.107. The number of hydrogen-bond donors (Lipinski definition) is 3. The van der Waals surface area contributed by atoms with Gasteiger partial charge >= 0.3 is 6.03 Å². The molecule has 0 aliphatic carbocycles. The van der Waals surface area contributed by atoms with E-state index in [0.717, 1.165) is 39.6 Å². The van der Waals surface area contributed by atoms with Crippen molar-refractivity contribution in [3.05, 3.63) is 52.3 Å². The highest BCUT2D eigenvalue weighted by atomic mass is 79.9. The summed E-state index contributed by atoms with van der Waals surface area (Å²) < 4.78 is 2.75. The third kappa shape index (κ3) is 4.55. The van der Waals surface area contributed by atoms with E-state index in [1.54, 1.807) is 22.0 Å². The summed E-state index contributed by atoms with van der Waals surface area (Å²) in [6, 6.07) is 7.49. The lowest BCUT2D eigenvalue weighted by Crippen LogP contribution is -2.44. The maximum Gasteiger partial charge on any atom is 0.314 e. The first-order chi connectivity index (χ1) is 15.5. The molecule has 0 spiro atoms. The lowest BCUT2D eigenvalue weighted by atomic mass is 10.0. The zero-order valence-corrected chi connectivity index (χ0v) is 19.4. The number of halogens is 1.